The van der Waals surface area contributed by atoms with Crippen LogP contribution < -0.4 is 5.32 Å². The van der Waals surface area contributed by atoms with Crippen LogP contribution in [0.4, 0.5) is 0 Å². The first-order valence-corrected chi connectivity index (χ1v) is 8.31. The average molecular weight is 421 g/mol. The minimum Gasteiger partial charge on any atom is -0.357 e. The maximum Gasteiger partial charge on any atom is 0.193 e. The molecular formula is C16H32IN5. The molecule has 3 aliphatic heterocycles. The quantitative estimate of drug-likeness (QED) is 0.222. The number of halogens is 1. The second-order valence-corrected chi connectivity index (χ2v) is 6.04. The molecule has 1 unspecified atom stereocenters. The first-order chi connectivity index (χ1) is 10.2. The fourth-order valence-corrected chi connectivity index (χ4v) is 3.14. The Bertz CT molecular complexity index is 352. The van der Waals surface area contributed by atoms with Crippen molar-refractivity contribution in [2.75, 3.05) is 59.4 Å². The molecule has 3 saturated heterocycles. The fourth-order valence-electron chi connectivity index (χ4n) is 3.14. The molecule has 5 nitrogen and oxygen atoms in total. The van der Waals surface area contributed by atoms with Crippen LogP contribution in [0.5, 0.6) is 0 Å². The van der Waals surface area contributed by atoms with Crippen LogP contribution in [0.3, 0.4) is 0 Å². The molecular weight excluding hydrogens is 389 g/mol. The number of allylic oxidation sites excluding steroid dienone is 1. The molecule has 1 atom stereocenters. The van der Waals surface area contributed by atoms with Gasteiger partial charge < -0.3 is 10.2 Å². The summed E-state index contributed by atoms with van der Waals surface area (Å²) in [7, 11) is 2.13. The van der Waals surface area contributed by atoms with E-state index in [1.54, 1.807) is 0 Å². The lowest BCUT2D eigenvalue weighted by atomic mass is 10.1. The van der Waals surface area contributed by atoms with E-state index < -0.39 is 0 Å². The highest BCUT2D eigenvalue weighted by atomic mass is 127. The lowest BCUT2D eigenvalue weighted by Gasteiger charge is -2.47. The molecule has 0 aromatic heterocycles. The zero-order valence-electron chi connectivity index (χ0n) is 14.1. The van der Waals surface area contributed by atoms with Crippen LogP contribution in [0.15, 0.2) is 17.6 Å². The minimum atomic E-state index is 0. The highest BCUT2D eigenvalue weighted by Gasteiger charge is 2.31. The summed E-state index contributed by atoms with van der Waals surface area (Å²) in [6.07, 6.45) is 4.18. The van der Waals surface area contributed by atoms with E-state index in [1.165, 1.54) is 32.7 Å². The topological polar surface area (TPSA) is 34.1 Å². The average Bonchev–Trinajstić information content (AvgIpc) is 2.52. The Morgan fingerprint density at radius 2 is 2.09 bits per heavy atom. The van der Waals surface area contributed by atoms with Crippen molar-refractivity contribution in [2.45, 2.75) is 25.8 Å². The Kier molecular flexibility index (Phi) is 9.35. The molecule has 0 radical (unpaired) electrons. The number of nitrogens with one attached hydrogen (secondary N) is 1. The summed E-state index contributed by atoms with van der Waals surface area (Å²) < 4.78 is 0. The van der Waals surface area contributed by atoms with Gasteiger partial charge in [0.05, 0.1) is 6.54 Å². The zero-order valence-corrected chi connectivity index (χ0v) is 16.5. The van der Waals surface area contributed by atoms with Crippen LogP contribution in [0, 0.1) is 0 Å². The van der Waals surface area contributed by atoms with Gasteiger partial charge in [-0.2, -0.15) is 0 Å². The lowest BCUT2D eigenvalue weighted by molar-refractivity contribution is 0.0173. The molecule has 3 aliphatic rings. The second kappa shape index (κ2) is 10.4. The van der Waals surface area contributed by atoms with Crippen molar-refractivity contribution in [1.29, 1.82) is 0 Å². The molecule has 3 rings (SSSR count). The number of hydrogen-bond donors (Lipinski definition) is 1. The van der Waals surface area contributed by atoms with Gasteiger partial charge in [0.2, 0.25) is 0 Å². The SMILES string of the molecule is C=CCCCN(C)C(=NCC1CN2CCN1CC2)NCC.I. The second-order valence-electron chi connectivity index (χ2n) is 6.04. The van der Waals surface area contributed by atoms with Gasteiger partial charge in [-0.3, -0.25) is 14.8 Å². The largest absolute Gasteiger partial charge is 0.357 e. The van der Waals surface area contributed by atoms with Crippen molar-refractivity contribution >= 4 is 29.9 Å². The molecule has 1 N–H and O–H groups in total. The van der Waals surface area contributed by atoms with E-state index in [4.69, 9.17) is 4.99 Å². The van der Waals surface area contributed by atoms with Gasteiger partial charge >= 0.3 is 0 Å². The normalized spacial score (nSPS) is 27.2. The highest BCUT2D eigenvalue weighted by Crippen LogP contribution is 2.15. The van der Waals surface area contributed by atoms with E-state index in [-0.39, 0.29) is 24.0 Å². The predicted octanol–water partition coefficient (Wildman–Crippen LogP) is 1.47. The van der Waals surface area contributed by atoms with E-state index in [0.717, 1.165) is 38.4 Å². The summed E-state index contributed by atoms with van der Waals surface area (Å²) in [5.74, 6) is 1.04. The molecule has 0 aromatic rings. The molecule has 3 heterocycles. The van der Waals surface area contributed by atoms with Crippen molar-refractivity contribution < 1.29 is 0 Å². The number of nitrogens with zero attached hydrogens (tertiary/aromatic N) is 4. The Morgan fingerprint density at radius 3 is 2.64 bits per heavy atom. The number of guanidine groups is 1. The summed E-state index contributed by atoms with van der Waals surface area (Å²) in [5, 5.41) is 3.41. The van der Waals surface area contributed by atoms with Gasteiger partial charge in [0.25, 0.3) is 0 Å². The number of piperazine rings is 3. The molecule has 0 aliphatic carbocycles. The Morgan fingerprint density at radius 1 is 1.36 bits per heavy atom. The summed E-state index contributed by atoms with van der Waals surface area (Å²) in [4.78, 5) is 12.3. The highest BCUT2D eigenvalue weighted by molar-refractivity contribution is 14.0. The number of fused-ring (bicyclic) bond motifs is 3. The zero-order chi connectivity index (χ0) is 15.1. The van der Waals surface area contributed by atoms with Crippen molar-refractivity contribution in [3.63, 3.8) is 0 Å². The molecule has 22 heavy (non-hydrogen) atoms. The van der Waals surface area contributed by atoms with Gasteiger partial charge in [0.1, 0.15) is 0 Å². The summed E-state index contributed by atoms with van der Waals surface area (Å²) in [6.45, 7) is 14.9. The fraction of sp³-hybridized carbons (Fsp3) is 0.812. The van der Waals surface area contributed by atoms with Crippen molar-refractivity contribution in [1.82, 2.24) is 20.0 Å². The first-order valence-electron chi connectivity index (χ1n) is 8.31. The van der Waals surface area contributed by atoms with Crippen LogP contribution in [-0.2, 0) is 0 Å². The molecule has 128 valence electrons. The Hall–Kier alpha value is -0.340. The van der Waals surface area contributed by atoms with E-state index in [1.807, 2.05) is 6.08 Å². The van der Waals surface area contributed by atoms with E-state index in [2.05, 4.69) is 40.6 Å². The summed E-state index contributed by atoms with van der Waals surface area (Å²) in [5.41, 5.74) is 0. The van der Waals surface area contributed by atoms with E-state index in [9.17, 15) is 0 Å². The third-order valence-electron chi connectivity index (χ3n) is 4.44. The summed E-state index contributed by atoms with van der Waals surface area (Å²) >= 11 is 0. The van der Waals surface area contributed by atoms with E-state index >= 15 is 0 Å². The Labute approximate surface area is 152 Å². The van der Waals surface area contributed by atoms with Gasteiger partial charge in [0, 0.05) is 58.9 Å². The molecule has 6 heteroatoms. The van der Waals surface area contributed by atoms with Crippen molar-refractivity contribution in [3.8, 4) is 0 Å². The number of unbranched alkanes of at least 4 members (excludes halogenated alkanes) is 1. The first kappa shape index (κ1) is 19.7. The predicted molar refractivity (Wildman–Crippen MR) is 105 cm³/mol. The Balaban J connectivity index is 0.00000242. The lowest BCUT2D eigenvalue weighted by Crippen LogP contribution is -2.62. The number of hydrogen-bond acceptors (Lipinski definition) is 3. The molecule has 0 amide bonds. The molecule has 3 fully saturated rings. The third-order valence-corrected chi connectivity index (χ3v) is 4.44. The van der Waals surface area contributed by atoms with Crippen LogP contribution in [-0.4, -0.2) is 86.1 Å². The van der Waals surface area contributed by atoms with Gasteiger partial charge in [-0.05, 0) is 19.8 Å². The third kappa shape index (κ3) is 5.70. The van der Waals surface area contributed by atoms with Crippen molar-refractivity contribution in [2.24, 2.45) is 4.99 Å². The number of aliphatic imine (C=N–C) groups is 1. The van der Waals surface area contributed by atoms with E-state index in [0.29, 0.717) is 6.04 Å². The molecule has 0 spiro atoms. The summed E-state index contributed by atoms with van der Waals surface area (Å²) in [6, 6.07) is 0.600. The van der Waals surface area contributed by atoms with Crippen LogP contribution >= 0.6 is 24.0 Å². The minimum absolute atomic E-state index is 0. The van der Waals surface area contributed by atoms with Gasteiger partial charge in [-0.1, -0.05) is 6.08 Å². The van der Waals surface area contributed by atoms with Crippen LogP contribution in [0.1, 0.15) is 19.8 Å². The molecule has 2 bridgehead atoms. The molecule has 0 aromatic carbocycles. The van der Waals surface area contributed by atoms with Crippen LogP contribution in [0.25, 0.3) is 0 Å². The van der Waals surface area contributed by atoms with Crippen molar-refractivity contribution in [3.05, 3.63) is 12.7 Å². The van der Waals surface area contributed by atoms with Gasteiger partial charge in [-0.15, -0.1) is 30.6 Å². The maximum atomic E-state index is 4.87. The van der Waals surface area contributed by atoms with Crippen LogP contribution in [0.2, 0.25) is 0 Å². The maximum absolute atomic E-state index is 4.87. The smallest absolute Gasteiger partial charge is 0.193 e. The van der Waals surface area contributed by atoms with Gasteiger partial charge in [-0.25, -0.2) is 0 Å². The van der Waals surface area contributed by atoms with Gasteiger partial charge in [0.15, 0.2) is 5.96 Å². The monoisotopic (exact) mass is 421 g/mol. The standard InChI is InChI=1S/C16H31N5.HI/c1-4-6-7-8-19(3)16(17-5-2)18-13-15-14-20-9-11-21(15)12-10-20;/h4,15H,1,5-14H2,2-3H3,(H,17,18);1H. The molecule has 0 saturated carbocycles. The number of rotatable bonds is 7.